The summed E-state index contributed by atoms with van der Waals surface area (Å²) in [6.45, 7) is 3.05. The van der Waals surface area contributed by atoms with Gasteiger partial charge in [-0.25, -0.2) is 0 Å². The summed E-state index contributed by atoms with van der Waals surface area (Å²) in [6.07, 6.45) is 27.6. The summed E-state index contributed by atoms with van der Waals surface area (Å²) in [5, 5.41) is 2.22. The number of hydrogen-bond acceptors (Lipinski definition) is 1. The first-order valence-electron chi connectivity index (χ1n) is 14.5. The van der Waals surface area contributed by atoms with E-state index in [1.807, 2.05) is 12.1 Å². The Morgan fingerprint density at radius 1 is 0.605 bits per heavy atom. The smallest absolute Gasteiger partial charge is 0.119 e. The molecule has 196 valence electrons. The number of aromatic nitrogens is 1. The number of unbranched alkanes of at least 4 members (excludes halogenated alkanes) is 11. The average Bonchev–Trinajstić information content (AvgIpc) is 3.28. The first-order valence-corrected chi connectivity index (χ1v) is 14.5. The third-order valence-corrected chi connectivity index (χ3v) is 7.46. The molecule has 0 amide bonds. The normalized spacial score (nSPS) is 11.0. The van der Waals surface area contributed by atoms with Gasteiger partial charge in [-0.1, -0.05) is 89.4 Å². The van der Waals surface area contributed by atoms with Crippen LogP contribution in [0.2, 0.25) is 0 Å². The van der Waals surface area contributed by atoms with Crippen molar-refractivity contribution in [3.05, 3.63) is 71.8 Å². The van der Waals surface area contributed by atoms with Crippen molar-refractivity contribution >= 4 is 21.8 Å². The zero-order valence-electron chi connectivity index (χ0n) is 23.0. The van der Waals surface area contributed by atoms with Crippen molar-refractivity contribution in [1.29, 1.82) is 0 Å². The molecule has 1 aromatic heterocycles. The number of rotatable bonds is 15. The van der Waals surface area contributed by atoms with Crippen LogP contribution in [-0.4, -0.2) is 11.2 Å². The molecule has 0 fully saturated rings. The predicted octanol–water partition coefficient (Wildman–Crippen LogP) is 9.83. The SMILES string of the molecule is C#Cc1ccc2c(c1)c1cc(C#C)ccc1n2-c1ccc(OCCCCCCCCCCCCCC)cc1. The van der Waals surface area contributed by atoms with Gasteiger partial charge in [0, 0.05) is 27.6 Å². The standard InChI is InChI=1S/C36H41NO/c1-4-7-8-9-10-11-12-13-14-15-16-17-26-38-32-22-20-31(21-23-32)37-35-24-18-29(5-2)27-33(35)34-28-30(6-3)19-25-36(34)37/h2-3,18-25,27-28H,4,7-17,26H2,1H3. The van der Waals surface area contributed by atoms with E-state index in [2.05, 4.69) is 71.9 Å². The van der Waals surface area contributed by atoms with E-state index in [-0.39, 0.29) is 0 Å². The van der Waals surface area contributed by atoms with Gasteiger partial charge < -0.3 is 9.30 Å². The van der Waals surface area contributed by atoms with Crippen LogP contribution in [0.3, 0.4) is 0 Å². The van der Waals surface area contributed by atoms with Gasteiger partial charge in [-0.3, -0.25) is 0 Å². The molecule has 0 aliphatic carbocycles. The number of fused-ring (bicyclic) bond motifs is 3. The lowest BCUT2D eigenvalue weighted by molar-refractivity contribution is 0.304. The number of ether oxygens (including phenoxy) is 1. The molecule has 0 bridgehead atoms. The van der Waals surface area contributed by atoms with Crippen molar-refractivity contribution in [3.8, 4) is 36.1 Å². The Morgan fingerprint density at radius 3 is 1.55 bits per heavy atom. The second-order valence-corrected chi connectivity index (χ2v) is 10.3. The quantitative estimate of drug-likeness (QED) is 0.116. The van der Waals surface area contributed by atoms with E-state index in [1.54, 1.807) is 0 Å². The summed E-state index contributed by atoms with van der Waals surface area (Å²) in [5.74, 6) is 6.43. The van der Waals surface area contributed by atoms with Gasteiger partial charge in [-0.15, -0.1) is 12.8 Å². The Kier molecular flexibility index (Phi) is 10.4. The second-order valence-electron chi connectivity index (χ2n) is 10.3. The highest BCUT2D eigenvalue weighted by atomic mass is 16.5. The molecule has 0 unspecified atom stereocenters. The molecule has 0 N–H and O–H groups in total. The highest BCUT2D eigenvalue weighted by Gasteiger charge is 2.13. The summed E-state index contributed by atoms with van der Waals surface area (Å²) >= 11 is 0. The van der Waals surface area contributed by atoms with Gasteiger partial charge >= 0.3 is 0 Å². The monoisotopic (exact) mass is 503 g/mol. The molecular weight excluding hydrogens is 462 g/mol. The van der Waals surface area contributed by atoms with Crippen LogP contribution in [0.25, 0.3) is 27.5 Å². The van der Waals surface area contributed by atoms with Crippen molar-refractivity contribution in [1.82, 2.24) is 4.57 Å². The molecule has 2 heteroatoms. The van der Waals surface area contributed by atoms with Crippen molar-refractivity contribution in [2.24, 2.45) is 0 Å². The van der Waals surface area contributed by atoms with Gasteiger partial charge in [0.05, 0.1) is 17.6 Å². The highest BCUT2D eigenvalue weighted by Crippen LogP contribution is 2.33. The molecule has 0 saturated carbocycles. The van der Waals surface area contributed by atoms with Crippen LogP contribution in [0.15, 0.2) is 60.7 Å². The molecule has 1 heterocycles. The van der Waals surface area contributed by atoms with E-state index in [0.29, 0.717) is 0 Å². The Morgan fingerprint density at radius 2 is 1.08 bits per heavy atom. The van der Waals surface area contributed by atoms with E-state index in [0.717, 1.165) is 57.4 Å². The minimum Gasteiger partial charge on any atom is -0.494 e. The van der Waals surface area contributed by atoms with Crippen molar-refractivity contribution in [2.45, 2.75) is 84.0 Å². The fraction of sp³-hybridized carbons (Fsp3) is 0.389. The van der Waals surface area contributed by atoms with Gasteiger partial charge in [0.15, 0.2) is 0 Å². The van der Waals surface area contributed by atoms with Gasteiger partial charge in [0.1, 0.15) is 5.75 Å². The first-order chi connectivity index (χ1) is 18.7. The molecule has 38 heavy (non-hydrogen) atoms. The molecule has 0 atom stereocenters. The van der Waals surface area contributed by atoms with E-state index >= 15 is 0 Å². The van der Waals surface area contributed by atoms with E-state index in [9.17, 15) is 0 Å². The molecule has 4 rings (SSSR count). The van der Waals surface area contributed by atoms with E-state index in [4.69, 9.17) is 17.6 Å². The third kappa shape index (κ3) is 7.02. The largest absolute Gasteiger partial charge is 0.494 e. The Hall–Kier alpha value is -3.62. The summed E-state index contributed by atoms with van der Waals surface area (Å²) in [6, 6.07) is 20.7. The molecule has 3 aromatic carbocycles. The summed E-state index contributed by atoms with van der Waals surface area (Å²) < 4.78 is 8.32. The molecule has 2 nitrogen and oxygen atoms in total. The molecule has 0 spiro atoms. The molecular formula is C36H41NO. The maximum Gasteiger partial charge on any atom is 0.119 e. The van der Waals surface area contributed by atoms with Gasteiger partial charge in [0.2, 0.25) is 0 Å². The molecule has 0 saturated heterocycles. The minimum absolute atomic E-state index is 0.774. The number of benzene rings is 3. The Bertz CT molecular complexity index is 1320. The van der Waals surface area contributed by atoms with E-state index in [1.165, 1.54) is 70.6 Å². The minimum atomic E-state index is 0.774. The Balaban J connectivity index is 1.28. The number of hydrogen-bond donors (Lipinski definition) is 0. The van der Waals surface area contributed by atoms with Gasteiger partial charge in [0.25, 0.3) is 0 Å². The van der Waals surface area contributed by atoms with Crippen LogP contribution in [0.5, 0.6) is 5.75 Å². The summed E-state index contributed by atoms with van der Waals surface area (Å²) in [7, 11) is 0. The topological polar surface area (TPSA) is 14.2 Å². The highest BCUT2D eigenvalue weighted by molar-refractivity contribution is 6.10. The number of nitrogens with zero attached hydrogens (tertiary/aromatic N) is 1. The molecule has 0 radical (unpaired) electrons. The number of terminal acetylenes is 2. The lowest BCUT2D eigenvalue weighted by Gasteiger charge is -2.10. The van der Waals surface area contributed by atoms with Crippen LogP contribution in [0.1, 0.15) is 95.1 Å². The van der Waals surface area contributed by atoms with Crippen molar-refractivity contribution in [3.63, 3.8) is 0 Å². The van der Waals surface area contributed by atoms with E-state index < -0.39 is 0 Å². The van der Waals surface area contributed by atoms with Crippen LogP contribution >= 0.6 is 0 Å². The Labute approximate surface area is 229 Å². The van der Waals surface area contributed by atoms with Crippen LogP contribution in [0.4, 0.5) is 0 Å². The average molecular weight is 504 g/mol. The summed E-state index contributed by atoms with van der Waals surface area (Å²) in [4.78, 5) is 0. The van der Waals surface area contributed by atoms with Crippen molar-refractivity contribution in [2.75, 3.05) is 6.61 Å². The fourth-order valence-electron chi connectivity index (χ4n) is 5.31. The fourth-order valence-corrected chi connectivity index (χ4v) is 5.31. The molecule has 0 aliphatic heterocycles. The lowest BCUT2D eigenvalue weighted by Crippen LogP contribution is -1.98. The maximum atomic E-state index is 6.05. The zero-order chi connectivity index (χ0) is 26.6. The predicted molar refractivity (Wildman–Crippen MR) is 163 cm³/mol. The third-order valence-electron chi connectivity index (χ3n) is 7.46. The molecule has 4 aromatic rings. The first kappa shape index (κ1) is 27.4. The van der Waals surface area contributed by atoms with Crippen LogP contribution in [0, 0.1) is 24.7 Å². The second kappa shape index (κ2) is 14.4. The van der Waals surface area contributed by atoms with Gasteiger partial charge in [-0.2, -0.15) is 0 Å². The van der Waals surface area contributed by atoms with Crippen LogP contribution in [-0.2, 0) is 0 Å². The van der Waals surface area contributed by atoms with Crippen LogP contribution < -0.4 is 4.74 Å². The molecule has 0 aliphatic rings. The van der Waals surface area contributed by atoms with Gasteiger partial charge in [-0.05, 0) is 67.1 Å². The zero-order valence-corrected chi connectivity index (χ0v) is 23.0. The lowest BCUT2D eigenvalue weighted by atomic mass is 10.1. The summed E-state index contributed by atoms with van der Waals surface area (Å²) in [5.41, 5.74) is 5.04. The maximum absolute atomic E-state index is 6.05. The van der Waals surface area contributed by atoms with Crippen molar-refractivity contribution < 1.29 is 4.74 Å².